The quantitative estimate of drug-likeness (QED) is 0.627. The zero-order valence-corrected chi connectivity index (χ0v) is 13.8. The summed E-state index contributed by atoms with van der Waals surface area (Å²) in [5.41, 5.74) is -1.67. The Labute approximate surface area is 132 Å². The predicted molar refractivity (Wildman–Crippen MR) is 80.1 cm³/mol. The van der Waals surface area contributed by atoms with Crippen LogP contribution in [0.15, 0.2) is 23.1 Å². The molecule has 1 fully saturated rings. The number of nitro groups is 1. The van der Waals surface area contributed by atoms with Gasteiger partial charge >= 0.3 is 0 Å². The van der Waals surface area contributed by atoms with Crippen LogP contribution in [0.1, 0.15) is 13.3 Å². The number of halogens is 1. The highest BCUT2D eigenvalue weighted by molar-refractivity contribution is 7.92. The fourth-order valence-corrected chi connectivity index (χ4v) is 6.10. The zero-order valence-electron chi connectivity index (χ0n) is 11.4. The number of benzene rings is 1. The second-order valence-electron chi connectivity index (χ2n) is 5.38. The Hall–Kier alpha value is -1.23. The van der Waals surface area contributed by atoms with Gasteiger partial charge in [-0.05, 0) is 25.5 Å². The Kier molecular flexibility index (Phi) is 4.24. The van der Waals surface area contributed by atoms with E-state index in [2.05, 4.69) is 4.72 Å². The largest absolute Gasteiger partial charge is 0.289 e. The summed E-state index contributed by atoms with van der Waals surface area (Å²) in [7, 11) is -7.40. The van der Waals surface area contributed by atoms with Gasteiger partial charge in [-0.3, -0.25) is 10.1 Å². The Morgan fingerprint density at radius 3 is 2.55 bits per heavy atom. The van der Waals surface area contributed by atoms with Crippen LogP contribution in [0, 0.1) is 10.1 Å². The minimum absolute atomic E-state index is 0.104. The van der Waals surface area contributed by atoms with Crippen molar-refractivity contribution >= 4 is 37.1 Å². The van der Waals surface area contributed by atoms with Gasteiger partial charge in [0.2, 0.25) is 10.0 Å². The van der Waals surface area contributed by atoms with E-state index >= 15 is 0 Å². The molecule has 122 valence electrons. The summed E-state index contributed by atoms with van der Waals surface area (Å²) in [6.45, 7) is 1.49. The SMILES string of the molecule is C[C@]1(NS(=O)(=O)c2ccc(Cl)c([N+](=O)[O-])c2)CCS(=O)(=O)C1. The minimum atomic E-state index is -4.10. The number of sulfone groups is 1. The maximum Gasteiger partial charge on any atom is 0.289 e. The standard InChI is InChI=1S/C11H13ClN2O6S2/c1-11(4-5-21(17,18)7-11)13-22(19,20)8-2-3-9(12)10(6-8)14(15)16/h2-3,6,13H,4-5,7H2,1H3/t11-/m0/s1. The fourth-order valence-electron chi connectivity index (χ4n) is 2.27. The van der Waals surface area contributed by atoms with Gasteiger partial charge in [0.15, 0.2) is 9.84 Å². The number of nitrogens with one attached hydrogen (secondary N) is 1. The van der Waals surface area contributed by atoms with E-state index in [0.717, 1.165) is 18.2 Å². The number of hydrogen-bond acceptors (Lipinski definition) is 6. The first-order valence-electron chi connectivity index (χ1n) is 6.13. The van der Waals surface area contributed by atoms with Gasteiger partial charge in [0.25, 0.3) is 5.69 Å². The molecule has 0 aliphatic carbocycles. The number of sulfonamides is 1. The van der Waals surface area contributed by atoms with Crippen LogP contribution in [0.2, 0.25) is 5.02 Å². The molecule has 1 aromatic rings. The van der Waals surface area contributed by atoms with Crippen LogP contribution in [-0.4, -0.2) is 38.8 Å². The van der Waals surface area contributed by atoms with Crippen LogP contribution in [-0.2, 0) is 19.9 Å². The summed E-state index contributed by atoms with van der Waals surface area (Å²) >= 11 is 5.64. The normalized spacial score (nSPS) is 24.3. The second-order valence-corrected chi connectivity index (χ2v) is 9.65. The third-order valence-corrected chi connectivity index (χ3v) is 7.17. The van der Waals surface area contributed by atoms with Gasteiger partial charge in [-0.15, -0.1) is 0 Å². The van der Waals surface area contributed by atoms with E-state index in [1.807, 2.05) is 0 Å². The highest BCUT2D eigenvalue weighted by atomic mass is 35.5. The lowest BCUT2D eigenvalue weighted by molar-refractivity contribution is -0.384. The first-order valence-corrected chi connectivity index (χ1v) is 9.81. The maximum atomic E-state index is 12.3. The van der Waals surface area contributed by atoms with Crippen LogP contribution >= 0.6 is 11.6 Å². The molecule has 0 bridgehead atoms. The monoisotopic (exact) mass is 368 g/mol. The summed E-state index contributed by atoms with van der Waals surface area (Å²) in [4.78, 5) is 9.69. The highest BCUT2D eigenvalue weighted by Crippen LogP contribution is 2.29. The number of rotatable bonds is 4. The molecular formula is C11H13ClN2O6S2. The van der Waals surface area contributed by atoms with Crippen molar-refractivity contribution in [2.24, 2.45) is 0 Å². The molecule has 1 aliphatic rings. The summed E-state index contributed by atoms with van der Waals surface area (Å²) in [5, 5.41) is 10.6. The summed E-state index contributed by atoms with van der Waals surface area (Å²) in [6.07, 6.45) is 0.143. The van der Waals surface area contributed by atoms with Gasteiger partial charge < -0.3 is 0 Å². The van der Waals surface area contributed by atoms with E-state index in [1.54, 1.807) is 0 Å². The van der Waals surface area contributed by atoms with Gasteiger partial charge in [-0.1, -0.05) is 11.6 Å². The van der Waals surface area contributed by atoms with E-state index in [0.29, 0.717) is 0 Å². The van der Waals surface area contributed by atoms with Crippen molar-refractivity contribution in [2.75, 3.05) is 11.5 Å². The van der Waals surface area contributed by atoms with Gasteiger partial charge in [0.05, 0.1) is 21.3 Å². The van der Waals surface area contributed by atoms with Crippen molar-refractivity contribution in [1.82, 2.24) is 4.72 Å². The molecule has 8 nitrogen and oxygen atoms in total. The molecular weight excluding hydrogens is 356 g/mol. The topological polar surface area (TPSA) is 123 Å². The van der Waals surface area contributed by atoms with Gasteiger partial charge in [-0.2, -0.15) is 0 Å². The van der Waals surface area contributed by atoms with Crippen LogP contribution in [0.5, 0.6) is 0 Å². The van der Waals surface area contributed by atoms with Gasteiger partial charge in [-0.25, -0.2) is 21.6 Å². The lowest BCUT2D eigenvalue weighted by Gasteiger charge is -2.23. The molecule has 0 amide bonds. The number of nitrogens with zero attached hydrogens (tertiary/aromatic N) is 1. The fraction of sp³-hybridized carbons (Fsp3) is 0.455. The van der Waals surface area contributed by atoms with Crippen LogP contribution in [0.25, 0.3) is 0 Å². The molecule has 0 aromatic heterocycles. The summed E-state index contributed by atoms with van der Waals surface area (Å²) in [5.74, 6) is -0.415. The molecule has 22 heavy (non-hydrogen) atoms. The van der Waals surface area contributed by atoms with Gasteiger partial charge in [0.1, 0.15) is 5.02 Å². The Morgan fingerprint density at radius 1 is 1.41 bits per heavy atom. The molecule has 0 saturated carbocycles. The second kappa shape index (κ2) is 5.44. The van der Waals surface area contributed by atoms with E-state index < -0.39 is 36.0 Å². The van der Waals surface area contributed by atoms with E-state index in [4.69, 9.17) is 11.6 Å². The predicted octanol–water partition coefficient (Wildman–Crippen LogP) is 1.10. The third kappa shape index (κ3) is 3.57. The van der Waals surface area contributed by atoms with Crippen molar-refractivity contribution in [3.05, 3.63) is 33.3 Å². The number of hydrogen-bond donors (Lipinski definition) is 1. The Bertz CT molecular complexity index is 836. The molecule has 1 aromatic carbocycles. The van der Waals surface area contributed by atoms with Crippen LogP contribution < -0.4 is 4.72 Å². The van der Waals surface area contributed by atoms with Gasteiger partial charge in [0, 0.05) is 11.6 Å². The van der Waals surface area contributed by atoms with Crippen molar-refractivity contribution in [1.29, 1.82) is 0 Å². The molecule has 1 N–H and O–H groups in total. The average Bonchev–Trinajstić information content (AvgIpc) is 2.62. The summed E-state index contributed by atoms with van der Waals surface area (Å²) < 4.78 is 50.0. The molecule has 0 radical (unpaired) electrons. The van der Waals surface area contributed by atoms with Crippen LogP contribution in [0.4, 0.5) is 5.69 Å². The molecule has 1 aliphatic heterocycles. The minimum Gasteiger partial charge on any atom is -0.258 e. The molecule has 11 heteroatoms. The highest BCUT2D eigenvalue weighted by Gasteiger charge is 2.41. The smallest absolute Gasteiger partial charge is 0.258 e. The van der Waals surface area contributed by atoms with E-state index in [9.17, 15) is 26.9 Å². The van der Waals surface area contributed by atoms with Crippen molar-refractivity contribution in [3.8, 4) is 0 Å². The van der Waals surface area contributed by atoms with E-state index in [-0.39, 0.29) is 27.8 Å². The first-order chi connectivity index (χ1) is 9.94. The molecule has 2 rings (SSSR count). The molecule has 1 saturated heterocycles. The Morgan fingerprint density at radius 2 is 2.05 bits per heavy atom. The Balaban J connectivity index is 2.36. The average molecular weight is 369 g/mol. The first kappa shape index (κ1) is 17.1. The van der Waals surface area contributed by atoms with Crippen LogP contribution in [0.3, 0.4) is 0 Å². The molecule has 0 spiro atoms. The zero-order chi connectivity index (χ0) is 16.8. The van der Waals surface area contributed by atoms with Crippen molar-refractivity contribution in [3.63, 3.8) is 0 Å². The number of nitro benzene ring substituents is 1. The molecule has 1 atom stereocenters. The lowest BCUT2D eigenvalue weighted by Crippen LogP contribution is -2.46. The van der Waals surface area contributed by atoms with E-state index in [1.165, 1.54) is 6.92 Å². The maximum absolute atomic E-state index is 12.3. The molecule has 1 heterocycles. The molecule has 0 unspecified atom stereocenters. The lowest BCUT2D eigenvalue weighted by atomic mass is 10.0. The summed E-state index contributed by atoms with van der Waals surface area (Å²) in [6, 6.07) is 3.09. The third-order valence-electron chi connectivity index (χ3n) is 3.31. The van der Waals surface area contributed by atoms with Crippen molar-refractivity contribution < 1.29 is 21.8 Å². The van der Waals surface area contributed by atoms with Crippen molar-refractivity contribution in [2.45, 2.75) is 23.8 Å².